The van der Waals surface area contributed by atoms with Crippen molar-refractivity contribution in [2.75, 3.05) is 23.3 Å². The van der Waals surface area contributed by atoms with Gasteiger partial charge in [-0.05, 0) is 43.9 Å². The fraction of sp³-hybridized carbons (Fsp3) is 0.364. The molecule has 0 aliphatic carbocycles. The molecule has 8 nitrogen and oxygen atoms in total. The molecule has 0 saturated carbocycles. The third-order valence-corrected chi connectivity index (χ3v) is 6.54. The summed E-state index contributed by atoms with van der Waals surface area (Å²) in [7, 11) is 0. The first-order valence-electron chi connectivity index (χ1n) is 10.4. The molecule has 1 fully saturated rings. The summed E-state index contributed by atoms with van der Waals surface area (Å²) in [5, 5.41) is 3.27. The van der Waals surface area contributed by atoms with Crippen LogP contribution in [0.4, 0.5) is 15.2 Å². The van der Waals surface area contributed by atoms with E-state index in [1.54, 1.807) is 19.1 Å². The summed E-state index contributed by atoms with van der Waals surface area (Å²) < 4.78 is 16.4. The molecule has 10 heteroatoms. The van der Waals surface area contributed by atoms with E-state index >= 15 is 0 Å². The van der Waals surface area contributed by atoms with Gasteiger partial charge in [-0.1, -0.05) is 23.5 Å². The number of allylic oxidation sites excluding steroid dienone is 1. The van der Waals surface area contributed by atoms with Crippen LogP contribution in [0, 0.1) is 12.7 Å². The molecule has 1 aromatic carbocycles. The lowest BCUT2D eigenvalue weighted by Gasteiger charge is -2.25. The number of fused-ring (bicyclic) bond motifs is 1. The lowest BCUT2D eigenvalue weighted by Crippen LogP contribution is -2.41. The molecule has 1 aliphatic rings. The molecular formula is C22H24FN5O3S. The summed E-state index contributed by atoms with van der Waals surface area (Å²) in [5.41, 5.74) is -0.138. The summed E-state index contributed by atoms with van der Waals surface area (Å²) in [6, 6.07) is 4.37. The van der Waals surface area contributed by atoms with Gasteiger partial charge in [0.15, 0.2) is 10.8 Å². The van der Waals surface area contributed by atoms with E-state index in [1.165, 1.54) is 28.0 Å². The van der Waals surface area contributed by atoms with Crippen LogP contribution in [0.3, 0.4) is 0 Å². The van der Waals surface area contributed by atoms with Crippen molar-refractivity contribution in [3.63, 3.8) is 0 Å². The Bertz CT molecular complexity index is 1300. The van der Waals surface area contributed by atoms with Crippen molar-refractivity contribution in [3.8, 4) is 0 Å². The topological polar surface area (TPSA) is 89.2 Å². The van der Waals surface area contributed by atoms with Gasteiger partial charge in [0.25, 0.3) is 5.56 Å². The van der Waals surface area contributed by atoms with Gasteiger partial charge in [0.2, 0.25) is 5.91 Å². The van der Waals surface area contributed by atoms with Crippen LogP contribution in [0.25, 0.3) is 10.3 Å². The van der Waals surface area contributed by atoms with E-state index in [4.69, 9.17) is 0 Å². The average molecular weight is 458 g/mol. The predicted molar refractivity (Wildman–Crippen MR) is 124 cm³/mol. The molecule has 32 heavy (non-hydrogen) atoms. The highest BCUT2D eigenvalue weighted by molar-refractivity contribution is 7.22. The quantitative estimate of drug-likeness (QED) is 0.575. The van der Waals surface area contributed by atoms with Crippen molar-refractivity contribution in [3.05, 3.63) is 63.1 Å². The normalized spacial score (nSPS) is 14.0. The number of nitrogens with zero attached hydrogens (tertiary/aromatic N) is 4. The van der Waals surface area contributed by atoms with E-state index in [9.17, 15) is 18.8 Å². The summed E-state index contributed by atoms with van der Waals surface area (Å²) in [6.45, 7) is 6.59. The number of aryl methyl sites for hydroxylation is 1. The Balaban J connectivity index is 1.74. The van der Waals surface area contributed by atoms with Crippen LogP contribution in [0.2, 0.25) is 0 Å². The fourth-order valence-corrected chi connectivity index (χ4v) is 4.81. The molecule has 0 atom stereocenters. The fourth-order valence-electron chi connectivity index (χ4n) is 3.74. The Morgan fingerprint density at radius 1 is 1.25 bits per heavy atom. The first kappa shape index (κ1) is 21.9. The highest BCUT2D eigenvalue weighted by Crippen LogP contribution is 2.28. The van der Waals surface area contributed by atoms with E-state index in [2.05, 4.69) is 21.8 Å². The van der Waals surface area contributed by atoms with Gasteiger partial charge in [0.1, 0.15) is 17.1 Å². The van der Waals surface area contributed by atoms with E-state index in [0.717, 1.165) is 36.9 Å². The smallest absolute Gasteiger partial charge is 0.333 e. The number of hydrogen-bond donors (Lipinski definition) is 1. The Morgan fingerprint density at radius 3 is 2.69 bits per heavy atom. The number of thiazole rings is 1. The SMILES string of the molecule is C=CCn1c(=O)c2sc(N3CCCCC3)nc2n(CC(=O)Nc2ccc(C)c(F)c2)c1=O. The summed E-state index contributed by atoms with van der Waals surface area (Å²) in [5.74, 6) is -0.958. The van der Waals surface area contributed by atoms with Gasteiger partial charge in [-0.2, -0.15) is 0 Å². The second kappa shape index (κ2) is 9.07. The highest BCUT2D eigenvalue weighted by Gasteiger charge is 2.22. The molecule has 3 aromatic rings. The largest absolute Gasteiger partial charge is 0.348 e. The molecule has 0 spiro atoms. The third kappa shape index (κ3) is 4.22. The summed E-state index contributed by atoms with van der Waals surface area (Å²) in [4.78, 5) is 45.4. The molecule has 3 heterocycles. The Kier molecular flexibility index (Phi) is 6.22. The molecule has 0 radical (unpaired) electrons. The maximum absolute atomic E-state index is 13.8. The number of carbonyl (C=O) groups excluding carboxylic acids is 1. The number of piperidine rings is 1. The molecule has 4 rings (SSSR count). The van der Waals surface area contributed by atoms with E-state index in [-0.39, 0.29) is 24.4 Å². The lowest BCUT2D eigenvalue weighted by atomic mass is 10.1. The van der Waals surface area contributed by atoms with Crippen LogP contribution in [0.5, 0.6) is 0 Å². The monoisotopic (exact) mass is 457 g/mol. The average Bonchev–Trinajstić information content (AvgIpc) is 3.23. The number of anilines is 2. The molecular weight excluding hydrogens is 433 g/mol. The van der Waals surface area contributed by atoms with Crippen molar-refractivity contribution in [2.24, 2.45) is 0 Å². The Morgan fingerprint density at radius 2 is 2.00 bits per heavy atom. The van der Waals surface area contributed by atoms with Crippen molar-refractivity contribution in [1.82, 2.24) is 14.1 Å². The van der Waals surface area contributed by atoms with Crippen LogP contribution < -0.4 is 21.5 Å². The molecule has 0 unspecified atom stereocenters. The first-order chi connectivity index (χ1) is 15.4. The number of hydrogen-bond acceptors (Lipinski definition) is 6. The van der Waals surface area contributed by atoms with Crippen LogP contribution in [0.15, 0.2) is 40.4 Å². The zero-order valence-electron chi connectivity index (χ0n) is 17.8. The number of amides is 1. The minimum absolute atomic E-state index is 0.0232. The number of nitrogens with one attached hydrogen (secondary N) is 1. The van der Waals surface area contributed by atoms with E-state index in [1.807, 2.05) is 0 Å². The third-order valence-electron chi connectivity index (χ3n) is 5.45. The minimum Gasteiger partial charge on any atom is -0.348 e. The Hall–Kier alpha value is -3.27. The summed E-state index contributed by atoms with van der Waals surface area (Å²) in [6.07, 6.45) is 4.69. The number of benzene rings is 1. The van der Waals surface area contributed by atoms with Gasteiger partial charge in [-0.3, -0.25) is 18.7 Å². The van der Waals surface area contributed by atoms with Gasteiger partial charge < -0.3 is 10.2 Å². The van der Waals surface area contributed by atoms with Gasteiger partial charge in [0, 0.05) is 25.3 Å². The maximum atomic E-state index is 13.8. The molecule has 1 saturated heterocycles. The summed E-state index contributed by atoms with van der Waals surface area (Å²) >= 11 is 1.23. The van der Waals surface area contributed by atoms with E-state index in [0.29, 0.717) is 15.4 Å². The number of carbonyl (C=O) groups is 1. The predicted octanol–water partition coefficient (Wildman–Crippen LogP) is 2.88. The highest BCUT2D eigenvalue weighted by atomic mass is 32.1. The van der Waals surface area contributed by atoms with Crippen LogP contribution in [-0.4, -0.2) is 33.1 Å². The van der Waals surface area contributed by atoms with Crippen molar-refractivity contribution < 1.29 is 9.18 Å². The molecule has 168 valence electrons. The number of aromatic nitrogens is 3. The zero-order chi connectivity index (χ0) is 22.8. The standard InChI is InChI=1S/C22H24FN5O3S/c1-3-9-27-20(30)18-19(25-21(32-18)26-10-5-4-6-11-26)28(22(27)31)13-17(29)24-15-8-7-14(2)16(23)12-15/h3,7-8,12H,1,4-6,9-11,13H2,2H3,(H,24,29). The van der Waals surface area contributed by atoms with Gasteiger partial charge in [-0.15, -0.1) is 6.58 Å². The van der Waals surface area contributed by atoms with E-state index < -0.39 is 23.0 Å². The van der Waals surface area contributed by atoms with Crippen molar-refractivity contribution >= 4 is 38.4 Å². The maximum Gasteiger partial charge on any atom is 0.333 e. The zero-order valence-corrected chi connectivity index (χ0v) is 18.6. The second-order valence-electron chi connectivity index (χ2n) is 7.78. The molecule has 0 bridgehead atoms. The van der Waals surface area contributed by atoms with Crippen LogP contribution in [-0.2, 0) is 17.9 Å². The first-order valence-corrected chi connectivity index (χ1v) is 11.3. The Labute approximate surface area is 187 Å². The molecule has 2 aromatic heterocycles. The van der Waals surface area contributed by atoms with Crippen LogP contribution in [0.1, 0.15) is 24.8 Å². The minimum atomic E-state index is -0.636. The molecule has 1 aliphatic heterocycles. The van der Waals surface area contributed by atoms with Crippen molar-refractivity contribution in [1.29, 1.82) is 0 Å². The van der Waals surface area contributed by atoms with Crippen LogP contribution >= 0.6 is 11.3 Å². The van der Waals surface area contributed by atoms with Gasteiger partial charge in [-0.25, -0.2) is 14.2 Å². The van der Waals surface area contributed by atoms with Gasteiger partial charge >= 0.3 is 5.69 Å². The molecule has 1 N–H and O–H groups in total. The second-order valence-corrected chi connectivity index (χ2v) is 8.76. The lowest BCUT2D eigenvalue weighted by molar-refractivity contribution is -0.116. The van der Waals surface area contributed by atoms with Crippen molar-refractivity contribution in [2.45, 2.75) is 39.3 Å². The number of rotatable bonds is 6. The molecule has 1 amide bonds. The number of halogens is 1. The van der Waals surface area contributed by atoms with Gasteiger partial charge in [0.05, 0.1) is 0 Å².